The maximum absolute atomic E-state index is 6.05. The molecule has 0 aliphatic rings. The van der Waals surface area contributed by atoms with Crippen LogP contribution in [0.4, 0.5) is 0 Å². The summed E-state index contributed by atoms with van der Waals surface area (Å²) in [5, 5.41) is 6.29. The lowest BCUT2D eigenvalue weighted by atomic mass is 10.2. The van der Waals surface area contributed by atoms with Crippen LogP contribution in [0.1, 0.15) is 16.8 Å². The van der Waals surface area contributed by atoms with E-state index in [-0.39, 0.29) is 0 Å². The Hall–Kier alpha value is -1.76. The fourth-order valence-corrected chi connectivity index (χ4v) is 2.52. The molecule has 3 heterocycles. The number of thiophene rings is 1. The number of hydrogen-bond acceptors (Lipinski definition) is 6. The van der Waals surface area contributed by atoms with Crippen LogP contribution in [-0.2, 0) is 0 Å². The van der Waals surface area contributed by atoms with Crippen LogP contribution in [0.25, 0.3) is 11.5 Å². The van der Waals surface area contributed by atoms with E-state index < -0.39 is 6.04 Å². The first kappa shape index (κ1) is 12.3. The summed E-state index contributed by atoms with van der Waals surface area (Å²) in [5.74, 6) is 0.687. The highest BCUT2D eigenvalue weighted by atomic mass is 35.5. The molecule has 0 saturated heterocycles. The second-order valence-electron chi connectivity index (χ2n) is 3.78. The molecule has 0 aliphatic carbocycles. The van der Waals surface area contributed by atoms with Gasteiger partial charge in [0, 0.05) is 11.1 Å². The van der Waals surface area contributed by atoms with Crippen molar-refractivity contribution in [2.24, 2.45) is 5.73 Å². The van der Waals surface area contributed by atoms with Crippen molar-refractivity contribution in [2.45, 2.75) is 6.04 Å². The van der Waals surface area contributed by atoms with Gasteiger partial charge in [0.1, 0.15) is 11.7 Å². The quantitative estimate of drug-likeness (QED) is 0.803. The third-order valence-corrected chi connectivity index (χ3v) is 3.79. The zero-order chi connectivity index (χ0) is 13.2. The number of aromatic nitrogens is 3. The standard InChI is InChI=1S/C12H9ClN4OS/c13-7-3-1-5-15-10(7)11-16-12(18-17-11)9(14)8-4-2-6-19-8/h1-6,9H,14H2. The molecule has 3 aromatic heterocycles. The predicted octanol–water partition coefficient (Wildman–Crippen LogP) is 2.89. The molecule has 2 N–H and O–H groups in total. The summed E-state index contributed by atoms with van der Waals surface area (Å²) in [6, 6.07) is 6.88. The molecular weight excluding hydrogens is 284 g/mol. The van der Waals surface area contributed by atoms with Crippen molar-refractivity contribution in [1.82, 2.24) is 15.1 Å². The van der Waals surface area contributed by atoms with E-state index >= 15 is 0 Å². The normalized spacial score (nSPS) is 12.5. The number of nitrogens with two attached hydrogens (primary N) is 1. The van der Waals surface area contributed by atoms with Crippen LogP contribution in [-0.4, -0.2) is 15.1 Å². The van der Waals surface area contributed by atoms with Gasteiger partial charge in [0.05, 0.1) is 5.02 Å². The molecule has 7 heteroatoms. The fraction of sp³-hybridized carbons (Fsp3) is 0.0833. The van der Waals surface area contributed by atoms with Crippen LogP contribution in [0.2, 0.25) is 5.02 Å². The van der Waals surface area contributed by atoms with E-state index in [0.717, 1.165) is 4.88 Å². The highest BCUT2D eigenvalue weighted by Gasteiger charge is 2.19. The molecule has 1 atom stereocenters. The van der Waals surface area contributed by atoms with E-state index in [2.05, 4.69) is 15.1 Å². The predicted molar refractivity (Wildman–Crippen MR) is 72.9 cm³/mol. The first-order chi connectivity index (χ1) is 9.25. The summed E-state index contributed by atoms with van der Waals surface area (Å²) >= 11 is 7.57. The van der Waals surface area contributed by atoms with Crippen molar-refractivity contribution >= 4 is 22.9 Å². The molecule has 0 radical (unpaired) electrons. The van der Waals surface area contributed by atoms with Gasteiger partial charge in [-0.1, -0.05) is 22.8 Å². The Morgan fingerprint density at radius 1 is 1.32 bits per heavy atom. The molecule has 19 heavy (non-hydrogen) atoms. The molecule has 5 nitrogen and oxygen atoms in total. The van der Waals surface area contributed by atoms with Crippen molar-refractivity contribution in [3.05, 3.63) is 51.6 Å². The van der Waals surface area contributed by atoms with Crippen molar-refractivity contribution in [1.29, 1.82) is 0 Å². The average Bonchev–Trinajstić information content (AvgIpc) is 3.10. The molecule has 0 aromatic carbocycles. The Morgan fingerprint density at radius 3 is 2.95 bits per heavy atom. The molecule has 0 bridgehead atoms. The van der Waals surface area contributed by atoms with E-state index in [0.29, 0.717) is 22.4 Å². The summed E-state index contributed by atoms with van der Waals surface area (Å²) in [5.41, 5.74) is 6.53. The number of nitrogens with zero attached hydrogens (tertiary/aromatic N) is 3. The van der Waals surface area contributed by atoms with Gasteiger partial charge in [0.15, 0.2) is 0 Å². The number of halogens is 1. The van der Waals surface area contributed by atoms with Gasteiger partial charge in [-0.25, -0.2) is 0 Å². The molecule has 3 aromatic rings. The summed E-state index contributed by atoms with van der Waals surface area (Å²) in [4.78, 5) is 9.34. The molecular formula is C12H9ClN4OS. The van der Waals surface area contributed by atoms with Crippen molar-refractivity contribution in [2.75, 3.05) is 0 Å². The van der Waals surface area contributed by atoms with Gasteiger partial charge in [-0.3, -0.25) is 4.98 Å². The number of rotatable bonds is 3. The SMILES string of the molecule is NC(c1nc(-c2ncccc2Cl)no1)c1cccs1. The highest BCUT2D eigenvalue weighted by Crippen LogP contribution is 2.26. The summed E-state index contributed by atoms with van der Waals surface area (Å²) in [7, 11) is 0. The van der Waals surface area contributed by atoms with Crippen molar-refractivity contribution in [3.63, 3.8) is 0 Å². The van der Waals surface area contributed by atoms with Crippen LogP contribution in [0, 0.1) is 0 Å². The monoisotopic (exact) mass is 292 g/mol. The molecule has 0 amide bonds. The Balaban J connectivity index is 1.94. The zero-order valence-electron chi connectivity index (χ0n) is 9.65. The van der Waals surface area contributed by atoms with Crippen LogP contribution >= 0.6 is 22.9 Å². The van der Waals surface area contributed by atoms with Gasteiger partial charge in [-0.15, -0.1) is 11.3 Å². The Morgan fingerprint density at radius 2 is 2.21 bits per heavy atom. The molecule has 0 fully saturated rings. The first-order valence-electron chi connectivity index (χ1n) is 5.49. The van der Waals surface area contributed by atoms with Gasteiger partial charge in [0.25, 0.3) is 0 Å². The fourth-order valence-electron chi connectivity index (χ4n) is 1.60. The third-order valence-electron chi connectivity index (χ3n) is 2.53. The summed E-state index contributed by atoms with van der Waals surface area (Å²) < 4.78 is 5.18. The lowest BCUT2D eigenvalue weighted by Gasteiger charge is -2.01. The first-order valence-corrected chi connectivity index (χ1v) is 6.75. The minimum atomic E-state index is -0.427. The van der Waals surface area contributed by atoms with E-state index in [1.807, 2.05) is 17.5 Å². The lowest BCUT2D eigenvalue weighted by molar-refractivity contribution is 0.368. The van der Waals surface area contributed by atoms with Crippen LogP contribution in [0.15, 0.2) is 40.4 Å². The van der Waals surface area contributed by atoms with E-state index in [1.165, 1.54) is 11.3 Å². The highest BCUT2D eigenvalue weighted by molar-refractivity contribution is 7.10. The van der Waals surface area contributed by atoms with Gasteiger partial charge in [-0.2, -0.15) is 4.98 Å². The number of pyridine rings is 1. The zero-order valence-corrected chi connectivity index (χ0v) is 11.2. The second kappa shape index (κ2) is 5.08. The van der Waals surface area contributed by atoms with E-state index in [4.69, 9.17) is 21.9 Å². The van der Waals surface area contributed by atoms with Crippen molar-refractivity contribution in [3.8, 4) is 11.5 Å². The largest absolute Gasteiger partial charge is 0.337 e. The Bertz CT molecular complexity index is 683. The van der Waals surface area contributed by atoms with E-state index in [9.17, 15) is 0 Å². The molecule has 3 rings (SSSR count). The third kappa shape index (κ3) is 2.37. The smallest absolute Gasteiger partial charge is 0.249 e. The minimum Gasteiger partial charge on any atom is -0.337 e. The summed E-state index contributed by atoms with van der Waals surface area (Å²) in [6.07, 6.45) is 1.62. The minimum absolute atomic E-state index is 0.340. The topological polar surface area (TPSA) is 77.8 Å². The maximum Gasteiger partial charge on any atom is 0.249 e. The maximum atomic E-state index is 6.05. The molecule has 1 unspecified atom stereocenters. The van der Waals surface area contributed by atoms with Gasteiger partial charge in [-0.05, 0) is 23.6 Å². The Kier molecular flexibility index (Phi) is 3.29. The van der Waals surface area contributed by atoms with Gasteiger partial charge < -0.3 is 10.3 Å². The van der Waals surface area contributed by atoms with Gasteiger partial charge in [0.2, 0.25) is 11.7 Å². The Labute approximate surface area is 118 Å². The molecule has 96 valence electrons. The molecule has 0 saturated carbocycles. The molecule has 0 aliphatic heterocycles. The molecule has 0 spiro atoms. The van der Waals surface area contributed by atoms with Crippen molar-refractivity contribution < 1.29 is 4.52 Å². The number of hydrogen-bond donors (Lipinski definition) is 1. The summed E-state index contributed by atoms with van der Waals surface area (Å²) in [6.45, 7) is 0. The van der Waals surface area contributed by atoms with E-state index in [1.54, 1.807) is 18.3 Å². The second-order valence-corrected chi connectivity index (χ2v) is 5.17. The van der Waals surface area contributed by atoms with Crippen LogP contribution in [0.5, 0.6) is 0 Å². The average molecular weight is 293 g/mol. The van der Waals surface area contributed by atoms with Crippen LogP contribution < -0.4 is 5.73 Å². The van der Waals surface area contributed by atoms with Gasteiger partial charge >= 0.3 is 0 Å². The lowest BCUT2D eigenvalue weighted by Crippen LogP contribution is -2.10. The van der Waals surface area contributed by atoms with Crippen LogP contribution in [0.3, 0.4) is 0 Å².